The summed E-state index contributed by atoms with van der Waals surface area (Å²) >= 11 is 1.80. The van der Waals surface area contributed by atoms with Crippen molar-refractivity contribution in [3.05, 3.63) is 21.4 Å². The standard InChI is InChI=1S/C17H27N3OS/c1-12-10-16(14(3)22-12)13(2)18-17(21)20-9-6-15(11-20)19-7-4-5-8-19/h10,13,15H,4-9,11H2,1-3H3,(H,18,21)/t13-,15+/m1/s1. The van der Waals surface area contributed by atoms with E-state index in [9.17, 15) is 4.79 Å². The maximum absolute atomic E-state index is 12.5. The molecule has 2 saturated heterocycles. The number of thiophene rings is 1. The van der Waals surface area contributed by atoms with E-state index >= 15 is 0 Å². The van der Waals surface area contributed by atoms with Gasteiger partial charge in [-0.25, -0.2) is 4.79 Å². The second kappa shape index (κ2) is 6.59. The molecular formula is C17H27N3OS. The van der Waals surface area contributed by atoms with Crippen molar-refractivity contribution in [1.82, 2.24) is 15.1 Å². The minimum Gasteiger partial charge on any atom is -0.331 e. The van der Waals surface area contributed by atoms with Crippen LogP contribution in [0.3, 0.4) is 0 Å². The predicted octanol–water partition coefficient (Wildman–Crippen LogP) is 3.31. The Morgan fingerprint density at radius 1 is 1.32 bits per heavy atom. The molecule has 2 fully saturated rings. The Balaban J connectivity index is 1.55. The molecule has 22 heavy (non-hydrogen) atoms. The molecule has 4 nitrogen and oxygen atoms in total. The molecule has 0 unspecified atom stereocenters. The van der Waals surface area contributed by atoms with E-state index in [0.717, 1.165) is 19.5 Å². The third kappa shape index (κ3) is 3.30. The monoisotopic (exact) mass is 321 g/mol. The van der Waals surface area contributed by atoms with E-state index in [2.05, 4.69) is 37.1 Å². The van der Waals surface area contributed by atoms with Gasteiger partial charge in [-0.15, -0.1) is 11.3 Å². The van der Waals surface area contributed by atoms with Gasteiger partial charge in [-0.05, 0) is 64.8 Å². The third-order valence-corrected chi connectivity index (χ3v) is 5.98. The van der Waals surface area contributed by atoms with Crippen LogP contribution in [0.1, 0.15) is 47.5 Å². The molecule has 2 aliphatic heterocycles. The highest BCUT2D eigenvalue weighted by atomic mass is 32.1. The molecule has 122 valence electrons. The van der Waals surface area contributed by atoms with Gasteiger partial charge < -0.3 is 10.2 Å². The molecular weight excluding hydrogens is 294 g/mol. The first kappa shape index (κ1) is 15.8. The van der Waals surface area contributed by atoms with Gasteiger partial charge in [-0.1, -0.05) is 0 Å². The van der Waals surface area contributed by atoms with E-state index in [0.29, 0.717) is 6.04 Å². The average Bonchev–Trinajstić information content (AvgIpc) is 3.17. The Kier molecular flexibility index (Phi) is 4.73. The highest BCUT2D eigenvalue weighted by Crippen LogP contribution is 2.27. The number of carbonyl (C=O) groups excluding carboxylic acids is 1. The van der Waals surface area contributed by atoms with E-state index in [1.165, 1.54) is 41.2 Å². The number of hydrogen-bond donors (Lipinski definition) is 1. The van der Waals surface area contributed by atoms with E-state index in [1.807, 2.05) is 4.90 Å². The Morgan fingerprint density at radius 2 is 2.05 bits per heavy atom. The van der Waals surface area contributed by atoms with Crippen molar-refractivity contribution in [1.29, 1.82) is 0 Å². The van der Waals surface area contributed by atoms with Crippen LogP contribution in [0.15, 0.2) is 6.07 Å². The van der Waals surface area contributed by atoms with Crippen molar-refractivity contribution in [3.8, 4) is 0 Å². The van der Waals surface area contributed by atoms with Gasteiger partial charge in [0, 0.05) is 28.9 Å². The minimum atomic E-state index is 0.0864. The fourth-order valence-corrected chi connectivity index (χ4v) is 4.79. The summed E-state index contributed by atoms with van der Waals surface area (Å²) in [6.45, 7) is 10.5. The van der Waals surface area contributed by atoms with Gasteiger partial charge in [0.1, 0.15) is 0 Å². The van der Waals surface area contributed by atoms with Crippen LogP contribution in [0, 0.1) is 13.8 Å². The fourth-order valence-electron chi connectivity index (χ4n) is 3.77. The van der Waals surface area contributed by atoms with Crippen LogP contribution in [0.25, 0.3) is 0 Å². The minimum absolute atomic E-state index is 0.0864. The van der Waals surface area contributed by atoms with E-state index < -0.39 is 0 Å². The van der Waals surface area contributed by atoms with Crippen molar-refractivity contribution in [2.45, 2.75) is 52.1 Å². The lowest BCUT2D eigenvalue weighted by molar-refractivity contribution is 0.196. The van der Waals surface area contributed by atoms with Crippen LogP contribution in [0.2, 0.25) is 0 Å². The zero-order valence-corrected chi connectivity index (χ0v) is 14.7. The lowest BCUT2D eigenvalue weighted by Crippen LogP contribution is -2.42. The molecule has 5 heteroatoms. The molecule has 0 bridgehead atoms. The normalized spacial score (nSPS) is 24.0. The number of rotatable bonds is 3. The highest BCUT2D eigenvalue weighted by molar-refractivity contribution is 7.12. The summed E-state index contributed by atoms with van der Waals surface area (Å²) < 4.78 is 0. The lowest BCUT2D eigenvalue weighted by atomic mass is 10.1. The van der Waals surface area contributed by atoms with Crippen LogP contribution in [0.4, 0.5) is 4.79 Å². The molecule has 0 aliphatic carbocycles. The summed E-state index contributed by atoms with van der Waals surface area (Å²) in [6, 6.07) is 2.96. The average molecular weight is 321 g/mol. The maximum atomic E-state index is 12.5. The van der Waals surface area contributed by atoms with Gasteiger partial charge in [-0.2, -0.15) is 0 Å². The fraction of sp³-hybridized carbons (Fsp3) is 0.706. The van der Waals surface area contributed by atoms with Crippen molar-refractivity contribution >= 4 is 17.4 Å². The Morgan fingerprint density at radius 3 is 2.68 bits per heavy atom. The molecule has 1 N–H and O–H groups in total. The Labute approximate surface area is 137 Å². The Hall–Kier alpha value is -1.07. The van der Waals surface area contributed by atoms with Gasteiger partial charge in [-0.3, -0.25) is 4.90 Å². The summed E-state index contributed by atoms with van der Waals surface area (Å²) in [5.74, 6) is 0. The SMILES string of the molecule is Cc1cc([C@@H](C)NC(=O)N2CC[C@H](N3CCCC3)C2)c(C)s1. The zero-order chi connectivity index (χ0) is 15.7. The van der Waals surface area contributed by atoms with E-state index in [-0.39, 0.29) is 12.1 Å². The summed E-state index contributed by atoms with van der Waals surface area (Å²) in [7, 11) is 0. The van der Waals surface area contributed by atoms with Crippen LogP contribution >= 0.6 is 11.3 Å². The van der Waals surface area contributed by atoms with Crippen molar-refractivity contribution in [3.63, 3.8) is 0 Å². The molecule has 1 aromatic rings. The molecule has 3 rings (SSSR count). The molecule has 0 spiro atoms. The van der Waals surface area contributed by atoms with Gasteiger partial charge in [0.25, 0.3) is 0 Å². The van der Waals surface area contributed by atoms with Crippen LogP contribution in [-0.2, 0) is 0 Å². The van der Waals surface area contributed by atoms with Gasteiger partial charge in [0.05, 0.1) is 6.04 Å². The quantitative estimate of drug-likeness (QED) is 0.927. The lowest BCUT2D eigenvalue weighted by Gasteiger charge is -2.24. The van der Waals surface area contributed by atoms with Gasteiger partial charge >= 0.3 is 6.03 Å². The molecule has 0 saturated carbocycles. The largest absolute Gasteiger partial charge is 0.331 e. The van der Waals surface area contributed by atoms with Crippen molar-refractivity contribution in [2.75, 3.05) is 26.2 Å². The maximum Gasteiger partial charge on any atom is 0.317 e. The summed E-state index contributed by atoms with van der Waals surface area (Å²) in [6.07, 6.45) is 3.76. The van der Waals surface area contributed by atoms with Crippen LogP contribution in [-0.4, -0.2) is 48.1 Å². The zero-order valence-electron chi connectivity index (χ0n) is 13.9. The number of nitrogens with one attached hydrogen (secondary N) is 1. The van der Waals surface area contributed by atoms with Crippen molar-refractivity contribution < 1.29 is 4.79 Å². The topological polar surface area (TPSA) is 35.6 Å². The summed E-state index contributed by atoms with van der Waals surface area (Å²) in [4.78, 5) is 19.7. The second-order valence-electron chi connectivity index (χ2n) is 6.67. The molecule has 1 aromatic heterocycles. The van der Waals surface area contributed by atoms with Gasteiger partial charge in [0.2, 0.25) is 0 Å². The third-order valence-electron chi connectivity index (χ3n) is 4.99. The van der Waals surface area contributed by atoms with Crippen LogP contribution < -0.4 is 5.32 Å². The number of likely N-dealkylation sites (tertiary alicyclic amines) is 2. The number of amides is 2. The number of carbonyl (C=O) groups is 1. The van der Waals surface area contributed by atoms with E-state index in [4.69, 9.17) is 0 Å². The number of urea groups is 1. The number of hydrogen-bond acceptors (Lipinski definition) is 3. The second-order valence-corrected chi connectivity index (χ2v) is 8.13. The predicted molar refractivity (Wildman–Crippen MR) is 91.5 cm³/mol. The highest BCUT2D eigenvalue weighted by Gasteiger charge is 2.32. The molecule has 2 atom stereocenters. The molecule has 0 aromatic carbocycles. The van der Waals surface area contributed by atoms with Crippen molar-refractivity contribution in [2.24, 2.45) is 0 Å². The number of nitrogens with zero attached hydrogens (tertiary/aromatic N) is 2. The van der Waals surface area contributed by atoms with Gasteiger partial charge in [0.15, 0.2) is 0 Å². The Bertz CT molecular complexity index is 536. The summed E-state index contributed by atoms with van der Waals surface area (Å²) in [5.41, 5.74) is 1.26. The molecule has 2 aliphatic rings. The molecule has 3 heterocycles. The first-order valence-electron chi connectivity index (χ1n) is 8.41. The summed E-state index contributed by atoms with van der Waals surface area (Å²) in [5, 5.41) is 3.18. The molecule has 0 radical (unpaired) electrons. The molecule has 2 amide bonds. The first-order chi connectivity index (χ1) is 10.5. The van der Waals surface area contributed by atoms with Crippen LogP contribution in [0.5, 0.6) is 0 Å². The number of aryl methyl sites for hydroxylation is 2. The smallest absolute Gasteiger partial charge is 0.317 e. The first-order valence-corrected chi connectivity index (χ1v) is 9.22. The van der Waals surface area contributed by atoms with E-state index in [1.54, 1.807) is 11.3 Å².